The van der Waals surface area contributed by atoms with Crippen molar-refractivity contribution in [2.75, 3.05) is 13.2 Å². The van der Waals surface area contributed by atoms with Gasteiger partial charge in [0.2, 0.25) is 0 Å². The predicted octanol–water partition coefficient (Wildman–Crippen LogP) is 4.09. The van der Waals surface area contributed by atoms with E-state index >= 15 is 0 Å². The molecule has 1 fully saturated rings. The Labute approximate surface area is 99.5 Å². The Bertz CT molecular complexity index is 170. The molecule has 0 aromatic carbocycles. The molecular weight excluding hydrogens is 208 g/mol. The molecule has 2 heteroatoms. The molecule has 1 nitrogen and oxygen atoms in total. The van der Waals surface area contributed by atoms with E-state index in [0.29, 0.717) is 17.2 Å². The van der Waals surface area contributed by atoms with Crippen LogP contribution in [0.15, 0.2) is 0 Å². The summed E-state index contributed by atoms with van der Waals surface area (Å²) < 4.78 is 5.62. The third-order valence-corrected chi connectivity index (χ3v) is 3.81. The second kappa shape index (κ2) is 6.75. The van der Waals surface area contributed by atoms with Gasteiger partial charge in [0.05, 0.1) is 0 Å². The van der Waals surface area contributed by atoms with Crippen molar-refractivity contribution >= 4 is 11.6 Å². The lowest BCUT2D eigenvalue weighted by atomic mass is 9.80. The van der Waals surface area contributed by atoms with E-state index in [1.807, 2.05) is 0 Å². The van der Waals surface area contributed by atoms with E-state index in [-0.39, 0.29) is 0 Å². The van der Waals surface area contributed by atoms with Crippen LogP contribution in [0.3, 0.4) is 0 Å². The second-order valence-corrected chi connectivity index (χ2v) is 6.01. The SMILES string of the molecule is CC(C)COCCC1CC(C)CCC1Cl. The normalized spacial score (nSPS) is 32.2. The van der Waals surface area contributed by atoms with Crippen LogP contribution in [0.2, 0.25) is 0 Å². The van der Waals surface area contributed by atoms with Crippen LogP contribution < -0.4 is 0 Å². The van der Waals surface area contributed by atoms with Crippen molar-refractivity contribution in [3.63, 3.8) is 0 Å². The molecule has 1 aliphatic rings. The summed E-state index contributed by atoms with van der Waals surface area (Å²) in [6.45, 7) is 8.48. The van der Waals surface area contributed by atoms with Gasteiger partial charge in [-0.05, 0) is 43.4 Å². The van der Waals surface area contributed by atoms with Gasteiger partial charge < -0.3 is 4.74 Å². The first-order chi connectivity index (χ1) is 7.09. The zero-order chi connectivity index (χ0) is 11.3. The lowest BCUT2D eigenvalue weighted by Crippen LogP contribution is -2.25. The van der Waals surface area contributed by atoms with Crippen LogP contribution in [0.5, 0.6) is 0 Å². The molecule has 90 valence electrons. The Morgan fingerprint density at radius 2 is 2.07 bits per heavy atom. The maximum atomic E-state index is 6.33. The monoisotopic (exact) mass is 232 g/mol. The Hall–Kier alpha value is 0.250. The predicted molar refractivity (Wildman–Crippen MR) is 66.4 cm³/mol. The molecule has 0 aromatic heterocycles. The molecule has 1 saturated carbocycles. The molecule has 0 amide bonds. The van der Waals surface area contributed by atoms with Crippen LogP contribution in [-0.4, -0.2) is 18.6 Å². The summed E-state index contributed by atoms with van der Waals surface area (Å²) >= 11 is 6.33. The van der Waals surface area contributed by atoms with Crippen molar-refractivity contribution in [3.05, 3.63) is 0 Å². The molecule has 0 spiro atoms. The molecule has 1 rings (SSSR count). The van der Waals surface area contributed by atoms with Crippen molar-refractivity contribution in [1.29, 1.82) is 0 Å². The van der Waals surface area contributed by atoms with Gasteiger partial charge in [-0.2, -0.15) is 0 Å². The van der Waals surface area contributed by atoms with Gasteiger partial charge in [-0.3, -0.25) is 0 Å². The fraction of sp³-hybridized carbons (Fsp3) is 1.00. The topological polar surface area (TPSA) is 9.23 Å². The summed E-state index contributed by atoms with van der Waals surface area (Å²) in [5.41, 5.74) is 0. The zero-order valence-electron chi connectivity index (χ0n) is 10.3. The number of rotatable bonds is 5. The molecule has 0 N–H and O–H groups in total. The second-order valence-electron chi connectivity index (χ2n) is 5.45. The Morgan fingerprint density at radius 3 is 2.73 bits per heavy atom. The molecule has 3 atom stereocenters. The number of alkyl halides is 1. The highest BCUT2D eigenvalue weighted by molar-refractivity contribution is 6.20. The van der Waals surface area contributed by atoms with Crippen molar-refractivity contribution in [3.8, 4) is 0 Å². The van der Waals surface area contributed by atoms with Crippen LogP contribution in [0.1, 0.15) is 46.5 Å². The molecule has 0 radical (unpaired) electrons. The van der Waals surface area contributed by atoms with E-state index in [2.05, 4.69) is 20.8 Å². The van der Waals surface area contributed by atoms with Gasteiger partial charge in [-0.1, -0.05) is 20.8 Å². The zero-order valence-corrected chi connectivity index (χ0v) is 11.1. The number of hydrogen-bond donors (Lipinski definition) is 0. The summed E-state index contributed by atoms with van der Waals surface area (Å²) in [4.78, 5) is 0. The highest BCUT2D eigenvalue weighted by Crippen LogP contribution is 2.34. The Balaban J connectivity index is 2.13. The van der Waals surface area contributed by atoms with Gasteiger partial charge in [0.15, 0.2) is 0 Å². The molecule has 0 aromatic rings. The van der Waals surface area contributed by atoms with Crippen LogP contribution >= 0.6 is 11.6 Å². The first kappa shape index (κ1) is 13.3. The molecular formula is C13H25ClO. The summed E-state index contributed by atoms with van der Waals surface area (Å²) in [7, 11) is 0. The van der Waals surface area contributed by atoms with Crippen molar-refractivity contribution < 1.29 is 4.74 Å². The lowest BCUT2D eigenvalue weighted by molar-refractivity contribution is 0.0904. The highest BCUT2D eigenvalue weighted by atomic mass is 35.5. The van der Waals surface area contributed by atoms with Crippen molar-refractivity contribution in [1.82, 2.24) is 0 Å². The van der Waals surface area contributed by atoms with Gasteiger partial charge in [-0.25, -0.2) is 0 Å². The summed E-state index contributed by atoms with van der Waals surface area (Å²) in [6.07, 6.45) is 4.93. The van der Waals surface area contributed by atoms with Crippen LogP contribution in [-0.2, 0) is 4.74 Å². The van der Waals surface area contributed by atoms with E-state index < -0.39 is 0 Å². The van der Waals surface area contributed by atoms with Crippen molar-refractivity contribution in [2.24, 2.45) is 17.8 Å². The van der Waals surface area contributed by atoms with Gasteiger partial charge >= 0.3 is 0 Å². The minimum Gasteiger partial charge on any atom is -0.381 e. The Kier molecular flexibility index (Phi) is 5.99. The molecule has 0 heterocycles. The van der Waals surface area contributed by atoms with Gasteiger partial charge in [0.1, 0.15) is 0 Å². The first-order valence-corrected chi connectivity index (χ1v) is 6.75. The average molecular weight is 233 g/mol. The molecule has 0 bridgehead atoms. The maximum absolute atomic E-state index is 6.33. The van der Waals surface area contributed by atoms with Gasteiger partial charge in [0, 0.05) is 18.6 Å². The molecule has 0 saturated heterocycles. The van der Waals surface area contributed by atoms with E-state index in [4.69, 9.17) is 16.3 Å². The van der Waals surface area contributed by atoms with E-state index in [9.17, 15) is 0 Å². The molecule has 0 aliphatic heterocycles. The molecule has 15 heavy (non-hydrogen) atoms. The minimum atomic E-state index is 0.392. The smallest absolute Gasteiger partial charge is 0.0488 e. The quantitative estimate of drug-likeness (QED) is 0.513. The van der Waals surface area contributed by atoms with E-state index in [1.165, 1.54) is 19.3 Å². The minimum absolute atomic E-state index is 0.392. The Morgan fingerprint density at radius 1 is 1.33 bits per heavy atom. The third kappa shape index (κ3) is 5.21. The standard InChI is InChI=1S/C13H25ClO/c1-10(2)9-15-7-6-12-8-11(3)4-5-13(12)14/h10-13H,4-9H2,1-3H3. The largest absolute Gasteiger partial charge is 0.381 e. The number of halogens is 1. The average Bonchev–Trinajstić information content (AvgIpc) is 2.17. The van der Waals surface area contributed by atoms with Crippen LogP contribution in [0.4, 0.5) is 0 Å². The summed E-state index contributed by atoms with van der Waals surface area (Å²) in [6, 6.07) is 0. The fourth-order valence-corrected chi connectivity index (χ4v) is 2.67. The van der Waals surface area contributed by atoms with Gasteiger partial charge in [-0.15, -0.1) is 11.6 Å². The number of hydrogen-bond acceptors (Lipinski definition) is 1. The van der Waals surface area contributed by atoms with Crippen LogP contribution in [0.25, 0.3) is 0 Å². The molecule has 3 unspecified atom stereocenters. The summed E-state index contributed by atoms with van der Waals surface area (Å²) in [5, 5.41) is 0.392. The highest BCUT2D eigenvalue weighted by Gasteiger charge is 2.26. The van der Waals surface area contributed by atoms with E-state index in [1.54, 1.807) is 0 Å². The maximum Gasteiger partial charge on any atom is 0.0488 e. The number of ether oxygens (including phenoxy) is 1. The van der Waals surface area contributed by atoms with Crippen LogP contribution in [0, 0.1) is 17.8 Å². The third-order valence-electron chi connectivity index (χ3n) is 3.24. The first-order valence-electron chi connectivity index (χ1n) is 6.31. The van der Waals surface area contributed by atoms with Gasteiger partial charge in [0.25, 0.3) is 0 Å². The van der Waals surface area contributed by atoms with E-state index in [0.717, 1.165) is 25.6 Å². The fourth-order valence-electron chi connectivity index (χ4n) is 2.31. The summed E-state index contributed by atoms with van der Waals surface area (Å²) in [5.74, 6) is 2.18. The van der Waals surface area contributed by atoms with Crippen molar-refractivity contribution in [2.45, 2.75) is 51.8 Å². The lowest BCUT2D eigenvalue weighted by Gasteiger charge is -2.31. The molecule has 1 aliphatic carbocycles.